The summed E-state index contributed by atoms with van der Waals surface area (Å²) < 4.78 is 0. The van der Waals surface area contributed by atoms with Gasteiger partial charge in [-0.25, -0.2) is 0 Å². The Morgan fingerprint density at radius 3 is 2.56 bits per heavy atom. The Bertz CT molecular complexity index is 728. The normalized spacial score (nSPS) is 17.0. The molecule has 3 rings (SSSR count). The second kappa shape index (κ2) is 8.26. The molecule has 1 fully saturated rings. The highest BCUT2D eigenvalue weighted by atomic mass is 32.1. The Morgan fingerprint density at radius 2 is 1.96 bits per heavy atom. The Morgan fingerprint density at radius 1 is 1.24 bits per heavy atom. The van der Waals surface area contributed by atoms with Gasteiger partial charge in [0.25, 0.3) is 0 Å². The maximum absolute atomic E-state index is 12.5. The summed E-state index contributed by atoms with van der Waals surface area (Å²) in [5.41, 5.74) is 1.32. The molecule has 1 aromatic carbocycles. The molecule has 0 aliphatic carbocycles. The van der Waals surface area contributed by atoms with Gasteiger partial charge in [-0.2, -0.15) is 5.26 Å². The van der Waals surface area contributed by atoms with Crippen molar-refractivity contribution in [3.05, 3.63) is 52.2 Å². The largest absolute Gasteiger partial charge is 0.325 e. The SMILES string of the molecule is C[C@@H](C(=O)Nc1ccc(C#N)cc1)N1CCN(Cc2cccs2)CC1. The molecule has 1 amide bonds. The number of hydrogen-bond donors (Lipinski definition) is 1. The summed E-state index contributed by atoms with van der Waals surface area (Å²) in [4.78, 5) is 18.5. The summed E-state index contributed by atoms with van der Waals surface area (Å²) in [6, 6.07) is 13.1. The maximum Gasteiger partial charge on any atom is 0.241 e. The van der Waals surface area contributed by atoms with Gasteiger partial charge in [-0.15, -0.1) is 11.3 Å². The minimum absolute atomic E-state index is 0.00332. The van der Waals surface area contributed by atoms with E-state index in [9.17, 15) is 4.79 Å². The monoisotopic (exact) mass is 354 g/mol. The lowest BCUT2D eigenvalue weighted by Gasteiger charge is -2.37. The van der Waals surface area contributed by atoms with E-state index in [0.717, 1.165) is 38.4 Å². The van der Waals surface area contributed by atoms with E-state index < -0.39 is 0 Å². The molecular formula is C19H22N4OS. The van der Waals surface area contributed by atoms with E-state index in [2.05, 4.69) is 38.7 Å². The first kappa shape index (κ1) is 17.6. The third-order valence-electron chi connectivity index (χ3n) is 4.58. The van der Waals surface area contributed by atoms with Crippen LogP contribution in [-0.2, 0) is 11.3 Å². The summed E-state index contributed by atoms with van der Waals surface area (Å²) >= 11 is 1.79. The van der Waals surface area contributed by atoms with Gasteiger partial charge in [0, 0.05) is 43.3 Å². The maximum atomic E-state index is 12.5. The predicted molar refractivity (Wildman–Crippen MR) is 100 cm³/mol. The van der Waals surface area contributed by atoms with Gasteiger partial charge in [0.1, 0.15) is 0 Å². The number of rotatable bonds is 5. The van der Waals surface area contributed by atoms with Crippen LogP contribution in [0.3, 0.4) is 0 Å². The number of hydrogen-bond acceptors (Lipinski definition) is 5. The number of thiophene rings is 1. The number of nitrogens with zero attached hydrogens (tertiary/aromatic N) is 3. The number of piperazine rings is 1. The number of nitriles is 1. The van der Waals surface area contributed by atoms with Gasteiger partial charge in [-0.1, -0.05) is 6.07 Å². The van der Waals surface area contributed by atoms with Gasteiger partial charge < -0.3 is 5.32 Å². The lowest BCUT2D eigenvalue weighted by molar-refractivity contribution is -0.121. The van der Waals surface area contributed by atoms with Crippen LogP contribution in [0.1, 0.15) is 17.4 Å². The van der Waals surface area contributed by atoms with Crippen molar-refractivity contribution in [2.75, 3.05) is 31.5 Å². The Hall–Kier alpha value is -2.20. The van der Waals surface area contributed by atoms with Crippen LogP contribution in [0.15, 0.2) is 41.8 Å². The van der Waals surface area contributed by atoms with Crippen LogP contribution in [-0.4, -0.2) is 47.9 Å². The van der Waals surface area contributed by atoms with E-state index in [1.165, 1.54) is 4.88 Å². The van der Waals surface area contributed by atoms with E-state index in [1.54, 1.807) is 35.6 Å². The topological polar surface area (TPSA) is 59.4 Å². The zero-order chi connectivity index (χ0) is 17.6. The molecule has 1 aliphatic rings. The van der Waals surface area contributed by atoms with E-state index in [4.69, 9.17) is 5.26 Å². The quantitative estimate of drug-likeness (QED) is 0.897. The first-order chi connectivity index (χ1) is 12.2. The van der Waals surface area contributed by atoms with Crippen molar-refractivity contribution in [2.24, 2.45) is 0 Å². The fourth-order valence-corrected chi connectivity index (χ4v) is 3.72. The highest BCUT2D eigenvalue weighted by Crippen LogP contribution is 2.15. The summed E-state index contributed by atoms with van der Waals surface area (Å²) in [5.74, 6) is -0.00332. The molecule has 2 aromatic rings. The van der Waals surface area contributed by atoms with Gasteiger partial charge >= 0.3 is 0 Å². The molecular weight excluding hydrogens is 332 g/mol. The van der Waals surface area contributed by atoms with Crippen molar-refractivity contribution in [3.63, 3.8) is 0 Å². The molecule has 0 spiro atoms. The third kappa shape index (κ3) is 4.67. The van der Waals surface area contributed by atoms with Gasteiger partial charge in [0.15, 0.2) is 0 Å². The number of carbonyl (C=O) groups excluding carboxylic acids is 1. The first-order valence-corrected chi connectivity index (χ1v) is 9.33. The van der Waals surface area contributed by atoms with Crippen LogP contribution in [0.5, 0.6) is 0 Å². The van der Waals surface area contributed by atoms with Crippen molar-refractivity contribution in [1.29, 1.82) is 5.26 Å². The molecule has 130 valence electrons. The number of nitrogens with one attached hydrogen (secondary N) is 1. The third-order valence-corrected chi connectivity index (χ3v) is 5.44. The standard InChI is InChI=1S/C19H22N4OS/c1-15(19(24)21-17-6-4-16(13-20)5-7-17)23-10-8-22(9-11-23)14-18-3-2-12-25-18/h2-7,12,15H,8-11,14H2,1H3,(H,21,24)/t15-/m0/s1. The zero-order valence-corrected chi connectivity index (χ0v) is 15.1. The molecule has 2 heterocycles. The second-order valence-corrected chi connectivity index (χ2v) is 7.28. The number of benzene rings is 1. The Labute approximate surface area is 152 Å². The number of amides is 1. The van der Waals surface area contributed by atoms with Crippen LogP contribution in [0.4, 0.5) is 5.69 Å². The highest BCUT2D eigenvalue weighted by molar-refractivity contribution is 7.09. The lowest BCUT2D eigenvalue weighted by atomic mass is 10.2. The fourth-order valence-electron chi connectivity index (χ4n) is 2.97. The van der Waals surface area contributed by atoms with Crippen LogP contribution >= 0.6 is 11.3 Å². The zero-order valence-electron chi connectivity index (χ0n) is 14.3. The molecule has 1 aromatic heterocycles. The number of anilines is 1. The van der Waals surface area contributed by atoms with Crippen LogP contribution in [0.25, 0.3) is 0 Å². The molecule has 0 bridgehead atoms. The van der Waals surface area contributed by atoms with E-state index in [0.29, 0.717) is 5.56 Å². The fraction of sp³-hybridized carbons (Fsp3) is 0.368. The minimum atomic E-state index is -0.167. The molecule has 0 saturated carbocycles. The summed E-state index contributed by atoms with van der Waals surface area (Å²) in [6.07, 6.45) is 0. The predicted octanol–water partition coefficient (Wildman–Crippen LogP) is 2.76. The Balaban J connectivity index is 1.48. The van der Waals surface area contributed by atoms with Gasteiger partial charge in [0.05, 0.1) is 17.7 Å². The van der Waals surface area contributed by atoms with Gasteiger partial charge in [-0.3, -0.25) is 14.6 Å². The highest BCUT2D eigenvalue weighted by Gasteiger charge is 2.25. The molecule has 1 atom stereocenters. The Kier molecular flexibility index (Phi) is 5.82. The summed E-state index contributed by atoms with van der Waals surface area (Å²) in [6.45, 7) is 6.70. The molecule has 0 radical (unpaired) electrons. The van der Waals surface area contributed by atoms with Crippen LogP contribution < -0.4 is 5.32 Å². The molecule has 6 heteroatoms. The summed E-state index contributed by atoms with van der Waals surface area (Å²) in [5, 5.41) is 13.9. The van der Waals surface area contributed by atoms with Crippen molar-refractivity contribution >= 4 is 22.9 Å². The van der Waals surface area contributed by atoms with Crippen LogP contribution in [0, 0.1) is 11.3 Å². The van der Waals surface area contributed by atoms with E-state index in [1.807, 2.05) is 6.92 Å². The van der Waals surface area contributed by atoms with Crippen molar-refractivity contribution in [2.45, 2.75) is 19.5 Å². The summed E-state index contributed by atoms with van der Waals surface area (Å²) in [7, 11) is 0. The molecule has 1 saturated heterocycles. The smallest absolute Gasteiger partial charge is 0.241 e. The minimum Gasteiger partial charge on any atom is -0.325 e. The van der Waals surface area contributed by atoms with Crippen molar-refractivity contribution < 1.29 is 4.79 Å². The number of carbonyl (C=O) groups is 1. The molecule has 25 heavy (non-hydrogen) atoms. The van der Waals surface area contributed by atoms with Gasteiger partial charge in [0.2, 0.25) is 5.91 Å². The average molecular weight is 354 g/mol. The average Bonchev–Trinajstić information content (AvgIpc) is 3.15. The van der Waals surface area contributed by atoms with E-state index in [-0.39, 0.29) is 11.9 Å². The van der Waals surface area contributed by atoms with E-state index >= 15 is 0 Å². The van der Waals surface area contributed by atoms with Crippen LogP contribution in [0.2, 0.25) is 0 Å². The molecule has 5 nitrogen and oxygen atoms in total. The first-order valence-electron chi connectivity index (χ1n) is 8.45. The van der Waals surface area contributed by atoms with Crippen molar-refractivity contribution in [3.8, 4) is 6.07 Å². The van der Waals surface area contributed by atoms with Crippen molar-refractivity contribution in [1.82, 2.24) is 9.80 Å². The molecule has 0 unspecified atom stereocenters. The molecule has 1 N–H and O–H groups in total. The molecule has 1 aliphatic heterocycles. The lowest BCUT2D eigenvalue weighted by Crippen LogP contribution is -2.52. The van der Waals surface area contributed by atoms with Gasteiger partial charge in [-0.05, 0) is 42.6 Å². The second-order valence-electron chi connectivity index (χ2n) is 6.25.